The van der Waals surface area contributed by atoms with Crippen LogP contribution in [0, 0.1) is 5.92 Å². The molecule has 1 aromatic carbocycles. The van der Waals surface area contributed by atoms with Gasteiger partial charge in [-0.3, -0.25) is 19.5 Å². The van der Waals surface area contributed by atoms with Gasteiger partial charge in [0, 0.05) is 6.54 Å². The van der Waals surface area contributed by atoms with Crippen LogP contribution in [0.3, 0.4) is 0 Å². The number of benzene rings is 1. The third kappa shape index (κ3) is 6.88. The number of carbonyl (C=O) groups excluding carboxylic acids is 2. The molecule has 0 fully saturated rings. The molecular formula is C21H30N4O3S. The van der Waals surface area contributed by atoms with Crippen molar-refractivity contribution in [3.8, 4) is 0 Å². The molecule has 3 amide bonds. The average molecular weight is 419 g/mol. The van der Waals surface area contributed by atoms with Crippen molar-refractivity contribution >= 4 is 34.6 Å². The van der Waals surface area contributed by atoms with Gasteiger partial charge in [-0.05, 0) is 31.4 Å². The Balaban J connectivity index is 2.18. The zero-order valence-corrected chi connectivity index (χ0v) is 18.1. The molecule has 1 aromatic heterocycles. The first-order chi connectivity index (χ1) is 13.8. The number of nitrogens with zero attached hydrogens (tertiary/aromatic N) is 2. The van der Waals surface area contributed by atoms with E-state index >= 15 is 0 Å². The Morgan fingerprint density at radius 2 is 1.83 bits per heavy atom. The van der Waals surface area contributed by atoms with Crippen LogP contribution >= 0.6 is 11.8 Å². The van der Waals surface area contributed by atoms with Crippen molar-refractivity contribution < 1.29 is 9.59 Å². The molecule has 0 saturated carbocycles. The molecule has 1 atom stereocenters. The SMILES string of the molecule is CC(C)CCCCCCn1c(S[C@@H](C)C(=O)NC(N)=O)nc2ccccc2c1=O. The van der Waals surface area contributed by atoms with Crippen LogP contribution in [-0.2, 0) is 11.3 Å². The quantitative estimate of drug-likeness (QED) is 0.348. The fourth-order valence-electron chi connectivity index (χ4n) is 3.05. The number of imide groups is 1. The lowest BCUT2D eigenvalue weighted by atomic mass is 10.0. The van der Waals surface area contributed by atoms with Gasteiger partial charge < -0.3 is 5.73 Å². The van der Waals surface area contributed by atoms with Gasteiger partial charge in [0.15, 0.2) is 5.16 Å². The normalized spacial score (nSPS) is 12.3. The van der Waals surface area contributed by atoms with E-state index in [2.05, 4.69) is 24.1 Å². The summed E-state index contributed by atoms with van der Waals surface area (Å²) in [6.07, 6.45) is 5.44. The van der Waals surface area contributed by atoms with Crippen molar-refractivity contribution in [2.75, 3.05) is 0 Å². The van der Waals surface area contributed by atoms with Crippen molar-refractivity contribution in [3.05, 3.63) is 34.6 Å². The van der Waals surface area contributed by atoms with Crippen LogP contribution in [0.5, 0.6) is 0 Å². The van der Waals surface area contributed by atoms with Gasteiger partial charge in [0.25, 0.3) is 5.56 Å². The van der Waals surface area contributed by atoms with Crippen LogP contribution in [-0.4, -0.2) is 26.7 Å². The molecule has 0 unspecified atom stereocenters. The summed E-state index contributed by atoms with van der Waals surface area (Å²) in [5, 5.41) is 2.49. The molecule has 2 rings (SSSR count). The summed E-state index contributed by atoms with van der Waals surface area (Å²) in [7, 11) is 0. The molecule has 0 aliphatic heterocycles. The van der Waals surface area contributed by atoms with Gasteiger partial charge in [0.2, 0.25) is 5.91 Å². The molecule has 8 heteroatoms. The Morgan fingerprint density at radius 1 is 1.14 bits per heavy atom. The molecule has 3 N–H and O–H groups in total. The Morgan fingerprint density at radius 3 is 2.52 bits per heavy atom. The first-order valence-electron chi connectivity index (χ1n) is 10.1. The molecule has 0 aliphatic rings. The maximum Gasteiger partial charge on any atom is 0.318 e. The van der Waals surface area contributed by atoms with E-state index in [0.29, 0.717) is 28.5 Å². The van der Waals surface area contributed by atoms with Gasteiger partial charge in [-0.25, -0.2) is 9.78 Å². The number of hydrogen-bond acceptors (Lipinski definition) is 5. The van der Waals surface area contributed by atoms with Gasteiger partial charge in [-0.15, -0.1) is 0 Å². The predicted molar refractivity (Wildman–Crippen MR) is 117 cm³/mol. The number of amides is 3. The number of thioether (sulfide) groups is 1. The van der Waals surface area contributed by atoms with E-state index in [1.54, 1.807) is 23.6 Å². The molecule has 0 spiro atoms. The summed E-state index contributed by atoms with van der Waals surface area (Å²) in [5.41, 5.74) is 5.51. The summed E-state index contributed by atoms with van der Waals surface area (Å²) < 4.78 is 1.64. The van der Waals surface area contributed by atoms with Crippen LogP contribution in [0.15, 0.2) is 34.2 Å². The number of unbranched alkanes of at least 4 members (excludes halogenated alkanes) is 3. The number of hydrogen-bond donors (Lipinski definition) is 2. The van der Waals surface area contributed by atoms with E-state index < -0.39 is 17.2 Å². The van der Waals surface area contributed by atoms with E-state index in [1.807, 2.05) is 12.1 Å². The predicted octanol–water partition coefficient (Wildman–Crippen LogP) is 3.68. The summed E-state index contributed by atoms with van der Waals surface area (Å²) in [5.74, 6) is 0.198. The summed E-state index contributed by atoms with van der Waals surface area (Å²) in [6.45, 7) is 6.64. The molecule has 29 heavy (non-hydrogen) atoms. The van der Waals surface area contributed by atoms with E-state index in [9.17, 15) is 14.4 Å². The van der Waals surface area contributed by atoms with Gasteiger partial charge in [0.05, 0.1) is 16.2 Å². The maximum absolute atomic E-state index is 13.0. The lowest BCUT2D eigenvalue weighted by Gasteiger charge is -2.16. The van der Waals surface area contributed by atoms with Crippen molar-refractivity contribution in [1.29, 1.82) is 0 Å². The highest BCUT2D eigenvalue weighted by molar-refractivity contribution is 8.00. The lowest BCUT2D eigenvalue weighted by molar-refractivity contribution is -0.119. The second-order valence-electron chi connectivity index (χ2n) is 7.58. The number of fused-ring (bicyclic) bond motifs is 1. The monoisotopic (exact) mass is 418 g/mol. The summed E-state index contributed by atoms with van der Waals surface area (Å²) in [6, 6.07) is 6.29. The fraction of sp³-hybridized carbons (Fsp3) is 0.524. The van der Waals surface area contributed by atoms with Crippen LogP contribution in [0.25, 0.3) is 10.9 Å². The molecule has 7 nitrogen and oxygen atoms in total. The molecular weight excluding hydrogens is 388 g/mol. The zero-order valence-electron chi connectivity index (χ0n) is 17.3. The van der Waals surface area contributed by atoms with Crippen LogP contribution in [0.2, 0.25) is 0 Å². The number of aromatic nitrogens is 2. The van der Waals surface area contributed by atoms with Crippen molar-refractivity contribution in [2.45, 2.75) is 69.8 Å². The highest BCUT2D eigenvalue weighted by atomic mass is 32.2. The summed E-state index contributed by atoms with van der Waals surface area (Å²) >= 11 is 1.15. The Bertz CT molecular complexity index is 910. The molecule has 0 aliphatic carbocycles. The maximum atomic E-state index is 13.0. The molecule has 158 valence electrons. The lowest BCUT2D eigenvalue weighted by Crippen LogP contribution is -2.39. The molecule has 1 heterocycles. The second kappa shape index (κ2) is 11.0. The van der Waals surface area contributed by atoms with Gasteiger partial charge in [0.1, 0.15) is 0 Å². The van der Waals surface area contributed by atoms with Gasteiger partial charge in [-0.2, -0.15) is 0 Å². The first kappa shape index (κ1) is 22.9. The Labute approximate surface area is 175 Å². The van der Waals surface area contributed by atoms with E-state index in [4.69, 9.17) is 5.73 Å². The minimum Gasteiger partial charge on any atom is -0.351 e. The summed E-state index contributed by atoms with van der Waals surface area (Å²) in [4.78, 5) is 40.6. The van der Waals surface area contributed by atoms with Crippen molar-refractivity contribution in [3.63, 3.8) is 0 Å². The van der Waals surface area contributed by atoms with E-state index in [0.717, 1.165) is 31.0 Å². The molecule has 0 radical (unpaired) electrons. The highest BCUT2D eigenvalue weighted by Crippen LogP contribution is 2.23. The van der Waals surface area contributed by atoms with E-state index in [-0.39, 0.29) is 5.56 Å². The third-order valence-corrected chi connectivity index (χ3v) is 5.73. The minimum atomic E-state index is -0.896. The first-order valence-corrected chi connectivity index (χ1v) is 10.9. The van der Waals surface area contributed by atoms with Gasteiger partial charge >= 0.3 is 6.03 Å². The van der Waals surface area contributed by atoms with E-state index in [1.165, 1.54) is 12.8 Å². The highest BCUT2D eigenvalue weighted by Gasteiger charge is 2.20. The third-order valence-electron chi connectivity index (χ3n) is 4.64. The molecule has 0 saturated heterocycles. The topological polar surface area (TPSA) is 107 Å². The average Bonchev–Trinajstić information content (AvgIpc) is 2.65. The number of rotatable bonds is 10. The number of nitrogens with one attached hydrogen (secondary N) is 1. The largest absolute Gasteiger partial charge is 0.351 e. The minimum absolute atomic E-state index is 0.109. The smallest absolute Gasteiger partial charge is 0.318 e. The number of para-hydroxylation sites is 1. The number of carbonyl (C=O) groups is 2. The second-order valence-corrected chi connectivity index (χ2v) is 8.89. The van der Waals surface area contributed by atoms with Crippen molar-refractivity contribution in [2.24, 2.45) is 11.7 Å². The fourth-order valence-corrected chi connectivity index (χ4v) is 3.98. The Kier molecular flexibility index (Phi) is 8.70. The van der Waals surface area contributed by atoms with Gasteiger partial charge in [-0.1, -0.05) is 63.4 Å². The Hall–Kier alpha value is -2.35. The zero-order chi connectivity index (χ0) is 21.4. The number of primary amides is 1. The standard InChI is InChI=1S/C21H30N4O3S/c1-14(2)10-6-4-5-9-13-25-19(27)16-11-7-8-12-17(16)23-21(25)29-15(3)18(26)24-20(22)28/h7-8,11-12,14-15H,4-6,9-10,13H2,1-3H3,(H3,22,24,26,28)/t15-/m0/s1. The van der Waals surface area contributed by atoms with Crippen molar-refractivity contribution in [1.82, 2.24) is 14.9 Å². The molecule has 0 bridgehead atoms. The number of nitrogens with two attached hydrogens (primary N) is 1. The van der Waals surface area contributed by atoms with Crippen LogP contribution in [0.1, 0.15) is 52.9 Å². The van der Waals surface area contributed by atoms with Crippen LogP contribution in [0.4, 0.5) is 4.79 Å². The van der Waals surface area contributed by atoms with Crippen LogP contribution < -0.4 is 16.6 Å². The molecule has 2 aromatic rings. The number of urea groups is 1.